The lowest BCUT2D eigenvalue weighted by atomic mass is 9.93. The lowest BCUT2D eigenvalue weighted by molar-refractivity contribution is -0.139. The maximum atomic E-state index is 14.1. The molecular formula is C19H27ClF2N2O. The number of halogens is 3. The topological polar surface area (TPSA) is 46.3 Å². The van der Waals surface area contributed by atoms with Gasteiger partial charge in [0, 0.05) is 17.5 Å². The van der Waals surface area contributed by atoms with Gasteiger partial charge in [0.05, 0.1) is 6.54 Å². The van der Waals surface area contributed by atoms with E-state index in [-0.39, 0.29) is 48.3 Å². The van der Waals surface area contributed by atoms with Gasteiger partial charge in [0.25, 0.3) is 0 Å². The van der Waals surface area contributed by atoms with E-state index in [0.29, 0.717) is 6.54 Å². The quantitative estimate of drug-likeness (QED) is 0.848. The van der Waals surface area contributed by atoms with E-state index in [4.69, 9.17) is 5.73 Å². The van der Waals surface area contributed by atoms with Crippen molar-refractivity contribution in [2.45, 2.75) is 57.5 Å². The van der Waals surface area contributed by atoms with Gasteiger partial charge in [0.15, 0.2) is 0 Å². The third-order valence-electron chi connectivity index (χ3n) is 5.72. The summed E-state index contributed by atoms with van der Waals surface area (Å²) in [6.45, 7) is 0.527. The molecule has 0 radical (unpaired) electrons. The van der Waals surface area contributed by atoms with Crippen LogP contribution in [0.25, 0.3) is 0 Å². The minimum absolute atomic E-state index is 0. The first-order valence-corrected chi connectivity index (χ1v) is 9.05. The third-order valence-corrected chi connectivity index (χ3v) is 5.72. The van der Waals surface area contributed by atoms with Crippen molar-refractivity contribution in [3.63, 3.8) is 0 Å². The Morgan fingerprint density at radius 2 is 1.72 bits per heavy atom. The molecule has 2 N–H and O–H groups in total. The zero-order valence-corrected chi connectivity index (χ0v) is 15.2. The standard InChI is InChI=1S/C19H26F2N2O.ClH/c20-17-9-4-10-18(21)16(17)12-23(14-6-1-2-7-14)19(24)15-8-3-5-13(15)11-22;/h4,9-10,13-15H,1-3,5-8,11-12,22H2;1H/t13-,15-;/m1./s1. The highest BCUT2D eigenvalue weighted by Gasteiger charge is 2.38. The number of benzene rings is 1. The van der Waals surface area contributed by atoms with E-state index in [9.17, 15) is 13.6 Å². The SMILES string of the molecule is Cl.NC[C@H]1CCC[C@H]1C(=O)N(Cc1c(F)cccc1F)C1CCCC1. The van der Waals surface area contributed by atoms with Crippen molar-refractivity contribution in [2.24, 2.45) is 17.6 Å². The van der Waals surface area contributed by atoms with Crippen LogP contribution in [0.5, 0.6) is 0 Å². The predicted octanol–water partition coefficient (Wildman–Crippen LogP) is 4.03. The number of hydrogen-bond donors (Lipinski definition) is 1. The van der Waals surface area contributed by atoms with E-state index in [1.165, 1.54) is 18.2 Å². The molecular weight excluding hydrogens is 346 g/mol. The molecule has 3 rings (SSSR count). The van der Waals surface area contributed by atoms with E-state index in [1.807, 2.05) is 0 Å². The molecule has 0 unspecified atom stereocenters. The largest absolute Gasteiger partial charge is 0.335 e. The highest BCUT2D eigenvalue weighted by Crippen LogP contribution is 2.35. The molecule has 0 saturated heterocycles. The maximum absolute atomic E-state index is 14.1. The van der Waals surface area contributed by atoms with E-state index in [0.717, 1.165) is 44.9 Å². The minimum atomic E-state index is -0.576. The molecule has 0 heterocycles. The van der Waals surface area contributed by atoms with Gasteiger partial charge in [-0.25, -0.2) is 8.78 Å². The third kappa shape index (κ3) is 4.32. The first kappa shape index (κ1) is 20.1. The molecule has 25 heavy (non-hydrogen) atoms. The molecule has 0 bridgehead atoms. The highest BCUT2D eigenvalue weighted by atomic mass is 35.5. The van der Waals surface area contributed by atoms with E-state index in [2.05, 4.69) is 0 Å². The summed E-state index contributed by atoms with van der Waals surface area (Å²) in [5, 5.41) is 0. The average molecular weight is 373 g/mol. The molecule has 0 aliphatic heterocycles. The van der Waals surface area contributed by atoms with Crippen molar-refractivity contribution in [3.8, 4) is 0 Å². The fraction of sp³-hybridized carbons (Fsp3) is 0.632. The van der Waals surface area contributed by atoms with Crippen LogP contribution in [0, 0.1) is 23.5 Å². The summed E-state index contributed by atoms with van der Waals surface area (Å²) >= 11 is 0. The molecule has 2 fully saturated rings. The number of rotatable bonds is 5. The van der Waals surface area contributed by atoms with Crippen LogP contribution < -0.4 is 5.73 Å². The predicted molar refractivity (Wildman–Crippen MR) is 96.3 cm³/mol. The Hall–Kier alpha value is -1.20. The van der Waals surface area contributed by atoms with Crippen LogP contribution in [0.15, 0.2) is 18.2 Å². The zero-order chi connectivity index (χ0) is 17.1. The van der Waals surface area contributed by atoms with Crippen molar-refractivity contribution >= 4 is 18.3 Å². The van der Waals surface area contributed by atoms with Gasteiger partial charge in [-0.3, -0.25) is 4.79 Å². The summed E-state index contributed by atoms with van der Waals surface area (Å²) < 4.78 is 28.2. The Balaban J connectivity index is 0.00000225. The summed E-state index contributed by atoms with van der Waals surface area (Å²) in [5.41, 5.74) is 5.83. The van der Waals surface area contributed by atoms with Crippen LogP contribution in [-0.4, -0.2) is 23.4 Å². The van der Waals surface area contributed by atoms with Crippen LogP contribution in [0.2, 0.25) is 0 Å². The summed E-state index contributed by atoms with van der Waals surface area (Å²) in [6.07, 6.45) is 6.79. The van der Waals surface area contributed by atoms with Crippen molar-refractivity contribution in [2.75, 3.05) is 6.54 Å². The Kier molecular flexibility index (Phi) is 7.20. The normalized spacial score (nSPS) is 23.5. The van der Waals surface area contributed by atoms with Crippen molar-refractivity contribution < 1.29 is 13.6 Å². The van der Waals surface area contributed by atoms with Gasteiger partial charge in [0.1, 0.15) is 11.6 Å². The van der Waals surface area contributed by atoms with Crippen LogP contribution in [0.4, 0.5) is 8.78 Å². The smallest absolute Gasteiger partial charge is 0.226 e. The molecule has 140 valence electrons. The van der Waals surface area contributed by atoms with Gasteiger partial charge in [-0.1, -0.05) is 25.3 Å². The summed E-state index contributed by atoms with van der Waals surface area (Å²) in [4.78, 5) is 14.9. The van der Waals surface area contributed by atoms with E-state index in [1.54, 1.807) is 4.90 Å². The Bertz CT molecular complexity index is 573. The molecule has 6 heteroatoms. The van der Waals surface area contributed by atoms with Crippen molar-refractivity contribution in [1.29, 1.82) is 0 Å². The first-order valence-electron chi connectivity index (χ1n) is 9.05. The van der Waals surface area contributed by atoms with Gasteiger partial charge >= 0.3 is 0 Å². The van der Waals surface area contributed by atoms with E-state index < -0.39 is 11.6 Å². The van der Waals surface area contributed by atoms with Crippen LogP contribution >= 0.6 is 12.4 Å². The first-order chi connectivity index (χ1) is 11.6. The number of carbonyl (C=O) groups is 1. The number of carbonyl (C=O) groups excluding carboxylic acids is 1. The lowest BCUT2D eigenvalue weighted by Crippen LogP contribution is -2.44. The van der Waals surface area contributed by atoms with Gasteiger partial charge in [-0.2, -0.15) is 0 Å². The van der Waals surface area contributed by atoms with Crippen molar-refractivity contribution in [1.82, 2.24) is 4.90 Å². The molecule has 0 aromatic heterocycles. The fourth-order valence-corrected chi connectivity index (χ4v) is 4.31. The molecule has 2 saturated carbocycles. The Labute approximate surface area is 154 Å². The van der Waals surface area contributed by atoms with Crippen molar-refractivity contribution in [3.05, 3.63) is 35.4 Å². The second kappa shape index (κ2) is 8.95. The number of nitrogens with two attached hydrogens (primary N) is 1. The van der Waals surface area contributed by atoms with Crippen LogP contribution in [-0.2, 0) is 11.3 Å². The van der Waals surface area contributed by atoms with Crippen LogP contribution in [0.3, 0.4) is 0 Å². The Morgan fingerprint density at radius 3 is 2.32 bits per heavy atom. The molecule has 3 nitrogen and oxygen atoms in total. The van der Waals surface area contributed by atoms with Gasteiger partial charge in [-0.15, -0.1) is 12.4 Å². The molecule has 2 aliphatic carbocycles. The average Bonchev–Trinajstić information content (AvgIpc) is 3.25. The summed E-state index contributed by atoms with van der Waals surface area (Å²) in [5.74, 6) is -1.00. The fourth-order valence-electron chi connectivity index (χ4n) is 4.31. The second-order valence-electron chi connectivity index (χ2n) is 7.14. The van der Waals surface area contributed by atoms with Gasteiger partial charge < -0.3 is 10.6 Å². The second-order valence-corrected chi connectivity index (χ2v) is 7.14. The Morgan fingerprint density at radius 1 is 1.08 bits per heavy atom. The van der Waals surface area contributed by atoms with Crippen LogP contribution in [0.1, 0.15) is 50.5 Å². The van der Waals surface area contributed by atoms with Gasteiger partial charge in [0.2, 0.25) is 5.91 Å². The number of hydrogen-bond acceptors (Lipinski definition) is 2. The molecule has 1 amide bonds. The van der Waals surface area contributed by atoms with Gasteiger partial charge in [-0.05, 0) is 50.3 Å². The molecule has 1 aromatic carbocycles. The molecule has 2 atom stereocenters. The van der Waals surface area contributed by atoms with E-state index >= 15 is 0 Å². The molecule has 1 aromatic rings. The highest BCUT2D eigenvalue weighted by molar-refractivity contribution is 5.85. The maximum Gasteiger partial charge on any atom is 0.226 e. The lowest BCUT2D eigenvalue weighted by Gasteiger charge is -2.33. The number of nitrogens with zero attached hydrogens (tertiary/aromatic N) is 1. The minimum Gasteiger partial charge on any atom is -0.335 e. The summed E-state index contributed by atoms with van der Waals surface area (Å²) in [6, 6.07) is 3.97. The molecule has 2 aliphatic rings. The monoisotopic (exact) mass is 372 g/mol. The number of amides is 1. The summed E-state index contributed by atoms with van der Waals surface area (Å²) in [7, 11) is 0. The zero-order valence-electron chi connectivity index (χ0n) is 14.4. The molecule has 0 spiro atoms.